The van der Waals surface area contributed by atoms with Gasteiger partial charge in [0.15, 0.2) is 5.76 Å². The van der Waals surface area contributed by atoms with Crippen LogP contribution >= 0.6 is 23.2 Å². The largest absolute Gasteiger partial charge is 0.354 e. The van der Waals surface area contributed by atoms with Gasteiger partial charge >= 0.3 is 5.69 Å². The van der Waals surface area contributed by atoms with Crippen LogP contribution in [0, 0.1) is 24.1 Å². The summed E-state index contributed by atoms with van der Waals surface area (Å²) in [6.07, 6.45) is 2.63. The van der Waals surface area contributed by atoms with Crippen LogP contribution in [0.2, 0.25) is 10.0 Å². The van der Waals surface area contributed by atoms with Crippen LogP contribution in [0.4, 0.5) is 4.39 Å². The fourth-order valence-electron chi connectivity index (χ4n) is 3.26. The van der Waals surface area contributed by atoms with Crippen molar-refractivity contribution < 1.29 is 8.91 Å². The molecule has 0 aliphatic rings. The Kier molecular flexibility index (Phi) is 5.65. The smallest absolute Gasteiger partial charge is 0.337 e. The Morgan fingerprint density at radius 2 is 1.97 bits per heavy atom. The molecule has 0 atom stereocenters. The number of halogens is 3. The lowest BCUT2D eigenvalue weighted by Gasteiger charge is -2.16. The third-order valence-electron chi connectivity index (χ3n) is 4.59. The third kappa shape index (κ3) is 3.70. The Morgan fingerprint density at radius 1 is 1.19 bits per heavy atom. The summed E-state index contributed by atoms with van der Waals surface area (Å²) in [5.74, 6) is -0.601. The van der Waals surface area contributed by atoms with E-state index in [1.165, 1.54) is 36.7 Å². The number of rotatable bonds is 4. The maximum atomic E-state index is 13.8. The van der Waals surface area contributed by atoms with E-state index >= 15 is 0 Å². The lowest BCUT2D eigenvalue weighted by Crippen LogP contribution is -2.40. The zero-order valence-corrected chi connectivity index (χ0v) is 17.9. The van der Waals surface area contributed by atoms with E-state index in [-0.39, 0.29) is 38.3 Å². The highest BCUT2D eigenvalue weighted by atomic mass is 35.5. The maximum Gasteiger partial charge on any atom is 0.337 e. The molecule has 8 nitrogen and oxygen atoms in total. The predicted octanol–water partition coefficient (Wildman–Crippen LogP) is 3.99. The predicted molar refractivity (Wildman–Crippen MR) is 115 cm³/mol. The van der Waals surface area contributed by atoms with Gasteiger partial charge in [-0.2, -0.15) is 5.26 Å². The molecule has 4 aromatic rings. The molecule has 0 fully saturated rings. The first-order valence-corrected chi connectivity index (χ1v) is 9.84. The van der Waals surface area contributed by atoms with Crippen molar-refractivity contribution in [2.45, 2.75) is 13.5 Å². The van der Waals surface area contributed by atoms with Gasteiger partial charge in [0.2, 0.25) is 0 Å². The highest BCUT2D eigenvalue weighted by Gasteiger charge is 2.25. The second-order valence-electron chi connectivity index (χ2n) is 6.71. The number of aromatic nitrogens is 4. The topological polar surface area (TPSA) is 107 Å². The molecule has 0 bridgehead atoms. The van der Waals surface area contributed by atoms with Crippen LogP contribution in [0.5, 0.6) is 0 Å². The zero-order valence-electron chi connectivity index (χ0n) is 16.3. The van der Waals surface area contributed by atoms with Gasteiger partial charge < -0.3 is 4.52 Å². The Bertz CT molecular complexity index is 1520. The second-order valence-corrected chi connectivity index (χ2v) is 7.56. The molecule has 11 heteroatoms. The fourth-order valence-corrected chi connectivity index (χ4v) is 3.61. The summed E-state index contributed by atoms with van der Waals surface area (Å²) < 4.78 is 21.0. The molecule has 4 rings (SSSR count). The highest BCUT2D eigenvalue weighted by molar-refractivity contribution is 6.31. The van der Waals surface area contributed by atoms with Crippen molar-refractivity contribution in [2.75, 3.05) is 0 Å². The van der Waals surface area contributed by atoms with Crippen molar-refractivity contribution in [3.05, 3.63) is 85.1 Å². The first-order valence-electron chi connectivity index (χ1n) is 9.08. The summed E-state index contributed by atoms with van der Waals surface area (Å²) in [6, 6.07) is 8.49. The van der Waals surface area contributed by atoms with Crippen molar-refractivity contribution in [3.8, 4) is 34.3 Å². The molecule has 0 saturated carbocycles. The van der Waals surface area contributed by atoms with Gasteiger partial charge in [0.05, 0.1) is 39.3 Å². The number of pyridine rings is 1. The fraction of sp³-hybridized carbons (Fsp3) is 0.0952. The first kappa shape index (κ1) is 21.5. The van der Waals surface area contributed by atoms with Crippen LogP contribution < -0.4 is 11.2 Å². The van der Waals surface area contributed by atoms with Gasteiger partial charge in [0.1, 0.15) is 18.1 Å². The van der Waals surface area contributed by atoms with Gasteiger partial charge in [-0.25, -0.2) is 13.8 Å². The Balaban J connectivity index is 2.21. The summed E-state index contributed by atoms with van der Waals surface area (Å²) in [7, 11) is 0. The van der Waals surface area contributed by atoms with Gasteiger partial charge in [-0.05, 0) is 30.7 Å². The van der Waals surface area contributed by atoms with E-state index in [1.807, 2.05) is 6.07 Å². The third-order valence-corrected chi connectivity index (χ3v) is 5.09. The lowest BCUT2D eigenvalue weighted by atomic mass is 10.0. The molecule has 3 heterocycles. The van der Waals surface area contributed by atoms with E-state index in [0.29, 0.717) is 5.69 Å². The van der Waals surface area contributed by atoms with Crippen LogP contribution in [0.25, 0.3) is 28.3 Å². The Labute approximate surface area is 189 Å². The number of hydrogen-bond acceptors (Lipinski definition) is 6. The minimum Gasteiger partial charge on any atom is -0.354 e. The van der Waals surface area contributed by atoms with E-state index in [2.05, 4.69) is 10.1 Å². The van der Waals surface area contributed by atoms with Crippen LogP contribution in [0.1, 0.15) is 5.69 Å². The number of benzene rings is 1. The Hall–Kier alpha value is -3.74. The van der Waals surface area contributed by atoms with Crippen LogP contribution in [-0.2, 0) is 6.54 Å². The van der Waals surface area contributed by atoms with E-state index in [4.69, 9.17) is 27.7 Å². The average molecular weight is 472 g/mol. The molecule has 0 saturated heterocycles. The molecule has 0 spiro atoms. The molecule has 32 heavy (non-hydrogen) atoms. The number of nitrogens with zero attached hydrogens (tertiary/aromatic N) is 5. The first-order chi connectivity index (χ1) is 15.3. The normalized spacial score (nSPS) is 10.8. The molecule has 0 radical (unpaired) electrons. The van der Waals surface area contributed by atoms with Crippen molar-refractivity contribution in [1.82, 2.24) is 19.3 Å². The highest BCUT2D eigenvalue weighted by Crippen LogP contribution is 2.31. The van der Waals surface area contributed by atoms with Crippen molar-refractivity contribution in [2.24, 2.45) is 0 Å². The summed E-state index contributed by atoms with van der Waals surface area (Å²) in [6.45, 7) is 1.25. The second kappa shape index (κ2) is 8.42. The van der Waals surface area contributed by atoms with E-state index in [0.717, 1.165) is 15.2 Å². The minimum atomic E-state index is -0.818. The van der Waals surface area contributed by atoms with E-state index < -0.39 is 23.6 Å². The Morgan fingerprint density at radius 3 is 2.59 bits per heavy atom. The van der Waals surface area contributed by atoms with Gasteiger partial charge in [0.25, 0.3) is 5.56 Å². The van der Waals surface area contributed by atoms with E-state index in [9.17, 15) is 19.2 Å². The summed E-state index contributed by atoms with van der Waals surface area (Å²) >= 11 is 12.0. The maximum absolute atomic E-state index is 13.8. The van der Waals surface area contributed by atoms with Gasteiger partial charge in [0, 0.05) is 12.3 Å². The van der Waals surface area contributed by atoms with Crippen LogP contribution in [0.3, 0.4) is 0 Å². The number of hydrogen-bond donors (Lipinski definition) is 0. The standard InChI is InChI=1S/C21H12Cl2FN5O3/c1-11-6-17(32-27-11)19-18(12-2-3-16(24)15(23)7-12)20(30)29(21(31)28(19)5-4-25)14-8-13(22)9-26-10-14/h2-3,6-10H,5H2,1H3. The van der Waals surface area contributed by atoms with Gasteiger partial charge in [-0.15, -0.1) is 0 Å². The molecule has 0 N–H and O–H groups in total. The monoisotopic (exact) mass is 471 g/mol. The average Bonchev–Trinajstić information content (AvgIpc) is 3.18. The number of aryl methyl sites for hydroxylation is 1. The van der Waals surface area contributed by atoms with Crippen molar-refractivity contribution in [3.63, 3.8) is 0 Å². The lowest BCUT2D eigenvalue weighted by molar-refractivity contribution is 0.423. The molecule has 160 valence electrons. The summed E-state index contributed by atoms with van der Waals surface area (Å²) in [5.41, 5.74) is -0.826. The summed E-state index contributed by atoms with van der Waals surface area (Å²) in [5, 5.41) is 13.2. The molecule has 0 unspecified atom stereocenters. The molecule has 0 aliphatic carbocycles. The quantitative estimate of drug-likeness (QED) is 0.445. The van der Waals surface area contributed by atoms with Gasteiger partial charge in [-0.3, -0.25) is 14.3 Å². The molecular weight excluding hydrogens is 460 g/mol. The van der Waals surface area contributed by atoms with Crippen molar-refractivity contribution >= 4 is 23.2 Å². The van der Waals surface area contributed by atoms with Crippen LogP contribution in [-0.4, -0.2) is 19.3 Å². The molecule has 1 aromatic carbocycles. The number of nitriles is 1. The SMILES string of the molecule is Cc1cc(-c2c(-c3ccc(F)c(Cl)c3)c(=O)n(-c3cncc(Cl)c3)c(=O)n2CC#N)on1. The zero-order chi connectivity index (χ0) is 23.0. The van der Waals surface area contributed by atoms with Gasteiger partial charge in [-0.1, -0.05) is 34.4 Å². The van der Waals surface area contributed by atoms with Crippen molar-refractivity contribution in [1.29, 1.82) is 5.26 Å². The molecule has 0 amide bonds. The minimum absolute atomic E-state index is 0.0102. The van der Waals surface area contributed by atoms with E-state index in [1.54, 1.807) is 6.92 Å². The summed E-state index contributed by atoms with van der Waals surface area (Å²) in [4.78, 5) is 30.9. The molecule has 0 aliphatic heterocycles. The molecule has 3 aromatic heterocycles. The van der Waals surface area contributed by atoms with Crippen LogP contribution in [0.15, 0.2) is 56.8 Å². The molecular formula is C21H12Cl2FN5O3.